The molecule has 0 fully saturated rings. The summed E-state index contributed by atoms with van der Waals surface area (Å²) in [4.78, 5) is 1.37. The predicted octanol–water partition coefficient (Wildman–Crippen LogP) is 2.09. The third-order valence-electron chi connectivity index (χ3n) is 1.75. The lowest BCUT2D eigenvalue weighted by Crippen LogP contribution is -2.10. The average molecular weight is 163 g/mol. The van der Waals surface area contributed by atoms with E-state index >= 15 is 0 Å². The molecule has 0 saturated carbocycles. The maximum Gasteiger partial charge on any atom is 0.148 e. The molecule has 0 unspecified atom stereocenters. The zero-order valence-corrected chi connectivity index (χ0v) is 8.03. The normalized spacial score (nSPS) is 9.73. The first-order valence-corrected chi connectivity index (χ1v) is 4.94. The Kier molecular flexibility index (Phi) is 3.07. The highest BCUT2D eigenvalue weighted by molar-refractivity contribution is 7.98. The summed E-state index contributed by atoms with van der Waals surface area (Å²) in [6.45, 7) is 4.21. The van der Waals surface area contributed by atoms with Gasteiger partial charge in [0.15, 0.2) is 0 Å². The van der Waals surface area contributed by atoms with Gasteiger partial charge in [-0.1, -0.05) is 24.4 Å². The van der Waals surface area contributed by atoms with Crippen molar-refractivity contribution < 1.29 is 0 Å². The predicted molar refractivity (Wildman–Crippen MR) is 54.2 cm³/mol. The Morgan fingerprint density at radius 3 is 2.55 bits per heavy atom. The Morgan fingerprint density at radius 1 is 1.36 bits per heavy atom. The van der Waals surface area contributed by atoms with E-state index in [0.717, 1.165) is 0 Å². The van der Waals surface area contributed by atoms with Crippen LogP contribution in [0.15, 0.2) is 23.1 Å². The minimum Gasteiger partial charge on any atom is -0.129 e. The Balaban J connectivity index is 2.99. The van der Waals surface area contributed by atoms with Crippen molar-refractivity contribution in [3.8, 4) is 0 Å². The van der Waals surface area contributed by atoms with Crippen LogP contribution in [0.4, 0.5) is 0 Å². The van der Waals surface area contributed by atoms with E-state index in [-0.39, 0.29) is 0 Å². The first-order chi connectivity index (χ1) is 5.27. The van der Waals surface area contributed by atoms with Crippen LogP contribution in [0.1, 0.15) is 5.56 Å². The van der Waals surface area contributed by atoms with Gasteiger partial charge in [0.25, 0.3) is 0 Å². The summed E-state index contributed by atoms with van der Waals surface area (Å²) in [6, 6.07) is 6.54. The van der Waals surface area contributed by atoms with Crippen LogP contribution >= 0.6 is 11.8 Å². The van der Waals surface area contributed by atoms with Crippen LogP contribution in [0.5, 0.6) is 0 Å². The van der Waals surface area contributed by atoms with Crippen LogP contribution in [-0.2, 0) is 0 Å². The van der Waals surface area contributed by atoms with Gasteiger partial charge in [-0.15, -0.1) is 11.8 Å². The number of benzene rings is 1. The highest BCUT2D eigenvalue weighted by Crippen LogP contribution is 2.17. The van der Waals surface area contributed by atoms with Gasteiger partial charge >= 0.3 is 0 Å². The van der Waals surface area contributed by atoms with E-state index in [0.29, 0.717) is 0 Å². The van der Waals surface area contributed by atoms with Crippen molar-refractivity contribution in [3.63, 3.8) is 0 Å². The van der Waals surface area contributed by atoms with E-state index in [1.807, 2.05) is 0 Å². The molecule has 0 atom stereocenters. The highest BCUT2D eigenvalue weighted by atomic mass is 32.2. The molecule has 1 rings (SSSR count). The molecular formula is C9H12BS. The van der Waals surface area contributed by atoms with Crippen molar-refractivity contribution in [2.24, 2.45) is 0 Å². The Morgan fingerprint density at radius 2 is 2.09 bits per heavy atom. The van der Waals surface area contributed by atoms with Crippen molar-refractivity contribution in [1.82, 2.24) is 0 Å². The molecule has 0 aliphatic rings. The summed E-state index contributed by atoms with van der Waals surface area (Å²) < 4.78 is 0. The fourth-order valence-electron chi connectivity index (χ4n) is 1.08. The molecule has 0 aliphatic heterocycles. The molecule has 2 heteroatoms. The van der Waals surface area contributed by atoms with E-state index in [9.17, 15) is 0 Å². The van der Waals surface area contributed by atoms with Gasteiger partial charge in [0.05, 0.1) is 0 Å². The van der Waals surface area contributed by atoms with Gasteiger partial charge in [-0.2, -0.15) is 0 Å². The van der Waals surface area contributed by atoms with E-state index in [1.54, 1.807) is 11.8 Å². The molecular weight excluding hydrogens is 151 g/mol. The largest absolute Gasteiger partial charge is 0.148 e. The van der Waals surface area contributed by atoms with Crippen LogP contribution in [-0.4, -0.2) is 13.5 Å². The molecule has 0 spiro atoms. The summed E-state index contributed by atoms with van der Waals surface area (Å²) in [5, 5.41) is 0. The van der Waals surface area contributed by atoms with Gasteiger partial charge < -0.3 is 0 Å². The van der Waals surface area contributed by atoms with Gasteiger partial charge in [0.2, 0.25) is 0 Å². The zero-order valence-electron chi connectivity index (χ0n) is 7.22. The molecule has 0 N–H and O–H groups in total. The Bertz CT molecular complexity index is 245. The number of hydrogen-bond acceptors (Lipinski definition) is 1. The molecule has 0 amide bonds. The first kappa shape index (κ1) is 8.73. The molecule has 11 heavy (non-hydrogen) atoms. The van der Waals surface area contributed by atoms with Gasteiger partial charge in [-0.3, -0.25) is 0 Å². The fraction of sp³-hybridized carbons (Fsp3) is 0.333. The van der Waals surface area contributed by atoms with Gasteiger partial charge in [-0.25, -0.2) is 0 Å². The fourth-order valence-corrected chi connectivity index (χ4v) is 1.67. The Labute approximate surface area is 73.6 Å². The van der Waals surface area contributed by atoms with Crippen molar-refractivity contribution in [2.75, 3.05) is 6.26 Å². The third kappa shape index (κ3) is 2.03. The molecule has 1 radical (unpaired) electrons. The van der Waals surface area contributed by atoms with Crippen LogP contribution in [0.25, 0.3) is 0 Å². The lowest BCUT2D eigenvalue weighted by molar-refractivity contribution is 1.32. The monoisotopic (exact) mass is 163 g/mol. The molecule has 1 aromatic carbocycles. The molecule has 0 nitrogen and oxygen atoms in total. The highest BCUT2D eigenvalue weighted by Gasteiger charge is 1.96. The second kappa shape index (κ2) is 3.86. The van der Waals surface area contributed by atoms with Crippen LogP contribution in [0, 0.1) is 6.92 Å². The van der Waals surface area contributed by atoms with Crippen LogP contribution < -0.4 is 5.46 Å². The molecule has 0 aromatic heterocycles. The van der Waals surface area contributed by atoms with E-state index < -0.39 is 0 Å². The second-order valence-electron chi connectivity index (χ2n) is 2.52. The second-order valence-corrected chi connectivity index (χ2v) is 3.37. The van der Waals surface area contributed by atoms with Crippen LogP contribution in [0.2, 0.25) is 6.82 Å². The van der Waals surface area contributed by atoms with Crippen molar-refractivity contribution >= 4 is 24.5 Å². The Hall–Kier alpha value is -0.365. The zero-order chi connectivity index (χ0) is 8.27. The van der Waals surface area contributed by atoms with Crippen LogP contribution in [0.3, 0.4) is 0 Å². The number of hydrogen-bond donors (Lipinski definition) is 0. The summed E-state index contributed by atoms with van der Waals surface area (Å²) in [7, 11) is 2.12. The average Bonchev–Trinajstić information content (AvgIpc) is 2.04. The first-order valence-electron chi connectivity index (χ1n) is 3.72. The molecule has 0 aliphatic carbocycles. The summed E-state index contributed by atoms with van der Waals surface area (Å²) in [6.07, 6.45) is 2.11. The third-order valence-corrected chi connectivity index (χ3v) is 2.65. The topological polar surface area (TPSA) is 0 Å². The van der Waals surface area contributed by atoms with E-state index in [2.05, 4.69) is 45.5 Å². The molecule has 1 aromatic rings. The molecule has 0 bridgehead atoms. The van der Waals surface area contributed by atoms with Crippen molar-refractivity contribution in [1.29, 1.82) is 0 Å². The van der Waals surface area contributed by atoms with Crippen molar-refractivity contribution in [2.45, 2.75) is 18.6 Å². The lowest BCUT2D eigenvalue weighted by Gasteiger charge is -2.03. The van der Waals surface area contributed by atoms with Gasteiger partial charge in [0.1, 0.15) is 7.28 Å². The summed E-state index contributed by atoms with van der Waals surface area (Å²) in [5.74, 6) is 0. The maximum absolute atomic E-state index is 2.21. The summed E-state index contributed by atoms with van der Waals surface area (Å²) in [5.41, 5.74) is 2.67. The van der Waals surface area contributed by atoms with E-state index in [1.165, 1.54) is 15.9 Å². The molecule has 0 heterocycles. The van der Waals surface area contributed by atoms with Crippen molar-refractivity contribution in [3.05, 3.63) is 23.8 Å². The number of thioether (sulfide) groups is 1. The smallest absolute Gasteiger partial charge is 0.129 e. The van der Waals surface area contributed by atoms with E-state index in [4.69, 9.17) is 0 Å². The molecule has 0 saturated heterocycles. The SMILES string of the molecule is C[B]c1ccc(SC)c(C)c1. The number of rotatable bonds is 2. The maximum atomic E-state index is 2.21. The standard InChI is InChI=1S/C9H12BS/c1-7-6-8(10-2)4-5-9(7)11-3/h4-6H,1-3H3. The number of aryl methyl sites for hydroxylation is 1. The minimum absolute atomic E-state index is 1.31. The van der Waals surface area contributed by atoms with Gasteiger partial charge in [-0.05, 0) is 24.8 Å². The summed E-state index contributed by atoms with van der Waals surface area (Å²) >= 11 is 1.80. The quantitative estimate of drug-likeness (QED) is 0.475. The lowest BCUT2D eigenvalue weighted by atomic mass is 9.73. The van der Waals surface area contributed by atoms with Gasteiger partial charge in [0, 0.05) is 4.90 Å². The molecule has 57 valence electrons. The minimum atomic E-state index is 1.31.